The third kappa shape index (κ3) is 24.6. The number of benzene rings is 3. The second-order valence-corrected chi connectivity index (χ2v) is 42.0. The van der Waals surface area contributed by atoms with Gasteiger partial charge >= 0.3 is 17.9 Å². The molecule has 3 radical (unpaired) electrons. The molecule has 3 aromatic heterocycles. The maximum atomic E-state index is 14.5. The average Bonchev–Trinajstić information content (AvgIpc) is 1.60. The standard InChI is InChI=1S/C35H46N3O6.C33H42F2N3O6.C33H44N3O7.3V/c1-21-28(20-39)38-19-30(21)44-32-26(36-25-12-11-23(42-5)15-27(25)37-32)10-8-6-7-9-22-17-35(13-14-35)18-29(22)43-31(40)16-24(33(38)41)34(2,3)4;1-19-26(18-39)38-17-28(19)44-30-24(36-23-12-11-21(42-5)13-25(23)37-30)10-8-6-7-9-20-15-33(34,35)16-27(20)43-29(40)14-22(31(38)41)32(2,3)4;1-20-27(18-37)36-17-28(20)42-30-25(34-24-13-12-22(41-6)14-26(24)35-30)11-9-7-8-10-21-16-33(21,19-40-5)43-29(38)15-23(31(36)39)32(2,3)4;;;/h11-12,15,21-22,24,28-30H,6-10,13-14,16-19H2,1-5H3;11-13,19-20,22,26-28H,6-10,14-17H2,1-5H3;12-14,20-21,23,27-28H,7-11,15-17,19H2,1-6H3;;;/q3*-1;;;/t21-,22+,24+,28+,29+,30-;19-,20+,22+,26+,27+,28-;20-,21+,23+,27+,28-,33-;;;/m000.../s1. The van der Waals surface area contributed by atoms with E-state index in [2.05, 4.69) is 12.6 Å². The fourth-order valence-electron chi connectivity index (χ4n) is 21.1. The van der Waals surface area contributed by atoms with Gasteiger partial charge in [0.1, 0.15) is 70.5 Å². The van der Waals surface area contributed by atoms with Gasteiger partial charge in [-0.15, -0.1) is 0 Å². The first-order valence-electron chi connectivity index (χ1n) is 47.3. The Hall–Kier alpha value is -8.12. The number of rotatable bonds is 8. The van der Waals surface area contributed by atoms with Crippen molar-refractivity contribution in [3.05, 3.63) is 71.7 Å². The molecule has 4 aliphatic carbocycles. The summed E-state index contributed by atoms with van der Waals surface area (Å²) in [6.45, 7) is 23.6. The van der Waals surface area contributed by atoms with Gasteiger partial charge in [-0.2, -0.15) is 0 Å². The molecule has 18 atom stereocenters. The summed E-state index contributed by atoms with van der Waals surface area (Å²) in [7, 11) is 6.41. The van der Waals surface area contributed by atoms with E-state index in [1.165, 1.54) is 22.6 Å². The van der Waals surface area contributed by atoms with Crippen molar-refractivity contribution in [2.75, 3.05) is 54.7 Å². The molecule has 727 valence electrons. The smallest absolute Gasteiger partial charge is 0.307 e. The van der Waals surface area contributed by atoms with Crippen LogP contribution in [0, 0.1) is 74.9 Å². The van der Waals surface area contributed by atoms with Crippen LogP contribution in [0.2, 0.25) is 0 Å². The van der Waals surface area contributed by atoms with E-state index in [4.69, 9.17) is 77.3 Å². The summed E-state index contributed by atoms with van der Waals surface area (Å²) in [5.74, 6) is -5.22. The molecule has 3 amide bonds. The van der Waals surface area contributed by atoms with E-state index < -0.39 is 124 Å². The normalized spacial score (nSPS) is 29.8. The SMILES string of the molecule is COC[C@@]12C[C@H]1CCCCCc1nc3ccc(OC)cc3nc1O[C@H]1CN(C(=O)[C@H](C(C)(C)C)CC(=O)O2)[C@H]([C-]=O)[C@@H]1C.COc1ccc2nc3c(nc2c1)O[C@H]1CN(C(=O)[C@H](C(C)(C)C)CC(=O)O[C@@H]2CC(F)(F)C[C@H]2CCCCC3)[C@H]([C-]=O)[C@@H]1C.COc1ccc2nc3c(nc2c1)O[C@H]1CN(C(=O)[C@H](C(C)(C)C)CC(=O)O[C@@H]2CC4(CC4)C[C@H]2CCCCC3)[C@H]([C-]=O)[C@@H]1C.[V].[V].[V]. The Balaban J connectivity index is 0.000000191. The molecule has 134 heavy (non-hydrogen) atoms. The van der Waals surface area contributed by atoms with Gasteiger partial charge in [-0.25, -0.2) is 57.5 Å². The van der Waals surface area contributed by atoms with Crippen LogP contribution in [0.1, 0.15) is 241 Å². The van der Waals surface area contributed by atoms with E-state index in [9.17, 15) is 51.9 Å². The third-order valence-electron chi connectivity index (χ3n) is 29.5. The molecule has 1 spiro atoms. The summed E-state index contributed by atoms with van der Waals surface area (Å²) in [5.41, 5.74) is 4.23. The largest absolute Gasteiger partial charge is 0.540 e. The van der Waals surface area contributed by atoms with Gasteiger partial charge < -0.3 is 76.5 Å². The van der Waals surface area contributed by atoms with E-state index in [0.717, 1.165) is 106 Å². The Labute approximate surface area is 821 Å². The second-order valence-electron chi connectivity index (χ2n) is 42.0. The number of ether oxygens (including phenoxy) is 10. The van der Waals surface area contributed by atoms with Crippen molar-refractivity contribution < 1.29 is 155 Å². The Morgan fingerprint density at radius 2 is 0.754 bits per heavy atom. The number of alkyl halides is 2. The van der Waals surface area contributed by atoms with Crippen molar-refractivity contribution in [2.45, 2.75) is 304 Å². The number of hydrogen-bond donors (Lipinski definition) is 0. The fraction of sp³-hybridized carbons (Fsp3) is 0.673. The number of aromatic nitrogens is 6. The summed E-state index contributed by atoms with van der Waals surface area (Å²) in [4.78, 5) is 153. The van der Waals surface area contributed by atoms with E-state index in [-0.39, 0.29) is 143 Å². The van der Waals surface area contributed by atoms with E-state index in [1.54, 1.807) is 39.4 Å². The zero-order valence-electron chi connectivity index (χ0n) is 80.4. The first kappa shape index (κ1) is 106. The van der Waals surface area contributed by atoms with Crippen molar-refractivity contribution in [3.63, 3.8) is 0 Å². The number of aryl methyl sites for hydroxylation is 3. The van der Waals surface area contributed by atoms with Crippen molar-refractivity contribution in [1.29, 1.82) is 0 Å². The summed E-state index contributed by atoms with van der Waals surface area (Å²) < 4.78 is 88.1. The van der Waals surface area contributed by atoms with Crippen LogP contribution in [0.25, 0.3) is 33.1 Å². The molecule has 33 heteroatoms. The summed E-state index contributed by atoms with van der Waals surface area (Å²) in [5, 5.41) is 0. The van der Waals surface area contributed by atoms with Gasteiger partial charge in [0.15, 0.2) is 0 Å². The van der Waals surface area contributed by atoms with Crippen molar-refractivity contribution >= 4 is 87.6 Å². The van der Waals surface area contributed by atoms with Crippen LogP contribution >= 0.6 is 0 Å². The molecule has 4 saturated carbocycles. The minimum Gasteiger partial charge on any atom is -0.540 e. The molecule has 16 rings (SSSR count). The predicted molar refractivity (Wildman–Crippen MR) is 482 cm³/mol. The minimum absolute atomic E-state index is 0. The molecule has 10 aliphatic rings. The van der Waals surface area contributed by atoms with Gasteiger partial charge in [0.2, 0.25) is 35.4 Å². The molecule has 9 heterocycles. The monoisotopic (exact) mass is 1970 g/mol. The van der Waals surface area contributed by atoms with Gasteiger partial charge in [0.25, 0.3) is 5.92 Å². The number of methoxy groups -OCH3 is 4. The average molecular weight is 1970 g/mol. The minimum atomic E-state index is -2.91. The van der Waals surface area contributed by atoms with Crippen molar-refractivity contribution in [3.8, 4) is 34.9 Å². The Morgan fingerprint density at radius 1 is 0.410 bits per heavy atom. The number of nitrogens with zero attached hydrogens (tertiary/aromatic N) is 9. The molecule has 0 unspecified atom stereocenters. The number of esters is 3. The van der Waals surface area contributed by atoms with Crippen LogP contribution < -0.4 is 28.4 Å². The number of hydrogen-bond acceptors (Lipinski definition) is 25. The van der Waals surface area contributed by atoms with E-state index in [0.29, 0.717) is 113 Å². The molecule has 7 fully saturated rings. The van der Waals surface area contributed by atoms with Crippen LogP contribution in [-0.2, 0) is 137 Å². The maximum absolute atomic E-state index is 14.5. The Bertz CT molecular complexity index is 4990. The molecule has 6 aromatic rings. The summed E-state index contributed by atoms with van der Waals surface area (Å²) >= 11 is 0. The van der Waals surface area contributed by atoms with Crippen LogP contribution in [0.3, 0.4) is 0 Å². The molecule has 3 saturated heterocycles. The first-order chi connectivity index (χ1) is 62.3. The van der Waals surface area contributed by atoms with Crippen LogP contribution in [0.4, 0.5) is 8.78 Å². The maximum Gasteiger partial charge on any atom is 0.307 e. The number of fused-ring (bicyclic) bond motifs is 15. The summed E-state index contributed by atoms with van der Waals surface area (Å²) in [6.07, 6.45) is 20.1. The number of carbonyl (C=O) groups is 6. The van der Waals surface area contributed by atoms with Gasteiger partial charge in [-0.3, -0.25) is 28.8 Å². The molecule has 6 bridgehead atoms. The zero-order valence-corrected chi connectivity index (χ0v) is 84.6. The van der Waals surface area contributed by atoms with Gasteiger partial charge in [0.05, 0.1) is 118 Å². The van der Waals surface area contributed by atoms with Crippen molar-refractivity contribution in [2.24, 2.45) is 74.9 Å². The van der Waals surface area contributed by atoms with Gasteiger partial charge in [-0.05, 0) is 172 Å². The molecule has 3 aromatic carbocycles. The fourth-order valence-corrected chi connectivity index (χ4v) is 21.1. The Kier molecular flexibility index (Phi) is 35.2. The third-order valence-corrected chi connectivity index (χ3v) is 29.5. The quantitative estimate of drug-likeness (QED) is 0.0776. The molecular formula is C101H132F2N9O19V3-3. The number of carbonyl (C=O) groups excluding carboxylic acids is 9. The first-order valence-corrected chi connectivity index (χ1v) is 47.3. The summed E-state index contributed by atoms with van der Waals surface area (Å²) in [6, 6.07) is 14.1. The number of amides is 3. The van der Waals surface area contributed by atoms with Crippen molar-refractivity contribution in [1.82, 2.24) is 44.6 Å². The molecule has 28 nitrogen and oxygen atoms in total. The Morgan fingerprint density at radius 3 is 1.09 bits per heavy atom. The molecule has 6 aliphatic heterocycles. The van der Waals surface area contributed by atoms with Crippen LogP contribution in [-0.4, -0.2) is 214 Å². The number of halogens is 2. The predicted octanol–water partition coefficient (Wildman–Crippen LogP) is 15.5. The van der Waals surface area contributed by atoms with Crippen LogP contribution in [0.15, 0.2) is 54.6 Å². The van der Waals surface area contributed by atoms with Gasteiger partial charge in [0, 0.05) is 106 Å². The molecular weight excluding hydrogens is 1830 g/mol. The molecule has 0 N–H and O–H groups in total. The van der Waals surface area contributed by atoms with E-state index in [1.807, 2.05) is 138 Å². The van der Waals surface area contributed by atoms with Crippen LogP contribution in [0.5, 0.6) is 34.9 Å². The van der Waals surface area contributed by atoms with E-state index >= 15 is 0 Å². The van der Waals surface area contributed by atoms with Gasteiger partial charge in [-0.1, -0.05) is 140 Å². The topological polar surface area (TPSA) is 333 Å². The zero-order chi connectivity index (χ0) is 94.0. The second kappa shape index (κ2) is 44.3.